The lowest BCUT2D eigenvalue weighted by Crippen LogP contribution is -2.07. The van der Waals surface area contributed by atoms with Crippen LogP contribution in [0.2, 0.25) is 0 Å². The fourth-order valence-electron chi connectivity index (χ4n) is 3.71. The predicted molar refractivity (Wildman–Crippen MR) is 135 cm³/mol. The Morgan fingerprint density at radius 3 is 2.41 bits per heavy atom. The Labute approximate surface area is 198 Å². The van der Waals surface area contributed by atoms with Gasteiger partial charge in [0.1, 0.15) is 17.3 Å². The first-order chi connectivity index (χ1) is 16.5. The number of aromatic nitrogens is 3. The Morgan fingerprint density at radius 2 is 1.71 bits per heavy atom. The zero-order valence-corrected chi connectivity index (χ0v) is 19.1. The maximum Gasteiger partial charge on any atom is 0.221 e. The molecule has 4 rings (SSSR count). The summed E-state index contributed by atoms with van der Waals surface area (Å²) in [6.45, 7) is 2.90. The normalized spacial score (nSPS) is 10.7. The van der Waals surface area contributed by atoms with E-state index in [0.717, 1.165) is 27.9 Å². The third-order valence-electron chi connectivity index (χ3n) is 5.25. The quantitative estimate of drug-likeness (QED) is 0.323. The summed E-state index contributed by atoms with van der Waals surface area (Å²) in [4.78, 5) is 12.5. The number of hydrogen-bond acceptors (Lipinski definition) is 8. The molecule has 0 unspecified atom stereocenters. The van der Waals surface area contributed by atoms with Gasteiger partial charge in [0, 0.05) is 42.2 Å². The van der Waals surface area contributed by atoms with Crippen LogP contribution in [0.1, 0.15) is 23.7 Å². The van der Waals surface area contributed by atoms with Crippen molar-refractivity contribution in [3.05, 3.63) is 83.8 Å². The minimum absolute atomic E-state index is 0.145. The summed E-state index contributed by atoms with van der Waals surface area (Å²) in [5.74, 6) is 1.89. The zero-order valence-electron chi connectivity index (χ0n) is 19.1. The van der Waals surface area contributed by atoms with Crippen LogP contribution in [0.5, 0.6) is 11.5 Å². The smallest absolute Gasteiger partial charge is 0.221 e. The van der Waals surface area contributed by atoms with Crippen LogP contribution in [-0.4, -0.2) is 28.2 Å². The average molecular weight is 457 g/mol. The maximum absolute atomic E-state index is 6.31. The van der Waals surface area contributed by atoms with E-state index >= 15 is 0 Å². The van der Waals surface area contributed by atoms with E-state index < -0.39 is 0 Å². The van der Waals surface area contributed by atoms with Crippen LogP contribution in [0.25, 0.3) is 11.1 Å². The van der Waals surface area contributed by atoms with Crippen molar-refractivity contribution in [3.8, 4) is 22.6 Å². The molecule has 0 saturated carbocycles. The van der Waals surface area contributed by atoms with Gasteiger partial charge in [-0.2, -0.15) is 4.98 Å². The summed E-state index contributed by atoms with van der Waals surface area (Å²) in [5, 5.41) is 0. The largest absolute Gasteiger partial charge is 0.493 e. The molecule has 2 aromatic heterocycles. The van der Waals surface area contributed by atoms with E-state index in [1.807, 2.05) is 61.5 Å². The molecule has 8 nitrogen and oxygen atoms in total. The van der Waals surface area contributed by atoms with Gasteiger partial charge in [0.05, 0.1) is 18.8 Å². The van der Waals surface area contributed by atoms with E-state index in [4.69, 9.17) is 26.7 Å². The Morgan fingerprint density at radius 1 is 0.882 bits per heavy atom. The van der Waals surface area contributed by atoms with Crippen molar-refractivity contribution in [2.75, 3.05) is 30.4 Å². The molecule has 0 aliphatic carbocycles. The second kappa shape index (κ2) is 10.5. The lowest BCUT2D eigenvalue weighted by Gasteiger charge is -2.19. The molecule has 2 heterocycles. The lowest BCUT2D eigenvalue weighted by molar-refractivity contribution is 0.313. The van der Waals surface area contributed by atoms with Gasteiger partial charge in [-0.05, 0) is 54.4 Å². The number of nitrogens with zero attached hydrogens (tertiary/aromatic N) is 3. The molecule has 4 aromatic rings. The molecule has 2 aromatic carbocycles. The molecule has 6 N–H and O–H groups in total. The van der Waals surface area contributed by atoms with Crippen LogP contribution in [0.15, 0.2) is 67.0 Å². The summed E-state index contributed by atoms with van der Waals surface area (Å²) >= 11 is 0. The number of benzene rings is 2. The van der Waals surface area contributed by atoms with E-state index in [1.165, 1.54) is 0 Å². The Balaban J connectivity index is 1.73. The van der Waals surface area contributed by atoms with Gasteiger partial charge >= 0.3 is 0 Å². The summed E-state index contributed by atoms with van der Waals surface area (Å²) in [7, 11) is 0. The minimum atomic E-state index is 0.145. The molecule has 0 fully saturated rings. The topological polar surface area (TPSA) is 135 Å². The van der Waals surface area contributed by atoms with Crippen molar-refractivity contribution in [1.29, 1.82) is 0 Å². The number of rotatable bonds is 9. The third-order valence-corrected chi connectivity index (χ3v) is 5.25. The molecule has 0 bridgehead atoms. The first-order valence-corrected chi connectivity index (χ1v) is 11.1. The molecular formula is C26H28N6O2. The van der Waals surface area contributed by atoms with Gasteiger partial charge in [0.2, 0.25) is 5.95 Å². The van der Waals surface area contributed by atoms with Crippen molar-refractivity contribution >= 4 is 17.5 Å². The third kappa shape index (κ3) is 5.53. The van der Waals surface area contributed by atoms with Gasteiger partial charge in [-0.3, -0.25) is 4.98 Å². The van der Waals surface area contributed by atoms with Crippen molar-refractivity contribution in [2.24, 2.45) is 0 Å². The van der Waals surface area contributed by atoms with Gasteiger partial charge in [-0.1, -0.05) is 18.2 Å². The summed E-state index contributed by atoms with van der Waals surface area (Å²) < 4.78 is 12.4. The van der Waals surface area contributed by atoms with E-state index in [-0.39, 0.29) is 5.95 Å². The molecule has 0 spiro atoms. The van der Waals surface area contributed by atoms with Crippen LogP contribution in [0.4, 0.5) is 17.5 Å². The summed E-state index contributed by atoms with van der Waals surface area (Å²) in [6.07, 6.45) is 4.59. The number of hydrogen-bond donors (Lipinski definition) is 3. The van der Waals surface area contributed by atoms with E-state index in [1.54, 1.807) is 12.4 Å². The molecule has 8 heteroatoms. The highest BCUT2D eigenvalue weighted by atomic mass is 16.5. The molecule has 0 aliphatic heterocycles. The number of nitrogens with two attached hydrogens (primary N) is 3. The van der Waals surface area contributed by atoms with Crippen molar-refractivity contribution in [1.82, 2.24) is 15.0 Å². The SMILES string of the molecule is CCOc1cc(Cc2cnc(N)nc2N)cc(OCCc2ccccn2)c1-c1cccc(N)c1. The number of nitrogen functional groups attached to an aromatic ring is 3. The molecule has 174 valence electrons. The first-order valence-electron chi connectivity index (χ1n) is 11.1. The van der Waals surface area contributed by atoms with Gasteiger partial charge in [0.15, 0.2) is 0 Å². The number of pyridine rings is 1. The lowest BCUT2D eigenvalue weighted by atomic mass is 9.98. The van der Waals surface area contributed by atoms with Crippen LogP contribution < -0.4 is 26.7 Å². The highest BCUT2D eigenvalue weighted by molar-refractivity contribution is 5.79. The van der Waals surface area contributed by atoms with Gasteiger partial charge in [-0.25, -0.2) is 4.98 Å². The Kier molecular flexibility index (Phi) is 7.07. The zero-order chi connectivity index (χ0) is 23.9. The molecule has 0 radical (unpaired) electrons. The molecular weight excluding hydrogens is 428 g/mol. The van der Waals surface area contributed by atoms with E-state index in [2.05, 4.69) is 15.0 Å². The Hall–Kier alpha value is -4.33. The monoisotopic (exact) mass is 456 g/mol. The van der Waals surface area contributed by atoms with Crippen LogP contribution in [0.3, 0.4) is 0 Å². The molecule has 0 atom stereocenters. The standard InChI is InChI=1S/C26H28N6O2/c1-2-33-22-13-17(12-19-16-31-26(29)32-25(19)28)14-23(24(22)18-6-5-7-20(27)15-18)34-11-9-21-8-3-4-10-30-21/h3-8,10,13-16H,2,9,11-12,27H2,1H3,(H4,28,29,31,32). The fourth-order valence-corrected chi connectivity index (χ4v) is 3.71. The van der Waals surface area contributed by atoms with Gasteiger partial charge in [-0.15, -0.1) is 0 Å². The molecule has 0 saturated heterocycles. The second-order valence-corrected chi connectivity index (χ2v) is 7.76. The number of ether oxygens (including phenoxy) is 2. The fraction of sp³-hybridized carbons (Fsp3) is 0.192. The Bertz CT molecular complexity index is 1260. The van der Waals surface area contributed by atoms with Crippen molar-refractivity contribution < 1.29 is 9.47 Å². The van der Waals surface area contributed by atoms with Gasteiger partial charge < -0.3 is 26.7 Å². The van der Waals surface area contributed by atoms with Crippen molar-refractivity contribution in [3.63, 3.8) is 0 Å². The van der Waals surface area contributed by atoms with Crippen LogP contribution in [-0.2, 0) is 12.8 Å². The molecule has 34 heavy (non-hydrogen) atoms. The second-order valence-electron chi connectivity index (χ2n) is 7.76. The van der Waals surface area contributed by atoms with E-state index in [9.17, 15) is 0 Å². The molecule has 0 aliphatic rings. The summed E-state index contributed by atoms with van der Waals surface area (Å²) in [6, 6.07) is 17.5. The molecule has 0 amide bonds. The number of anilines is 3. The highest BCUT2D eigenvalue weighted by Crippen LogP contribution is 2.41. The minimum Gasteiger partial charge on any atom is -0.493 e. The highest BCUT2D eigenvalue weighted by Gasteiger charge is 2.17. The predicted octanol–water partition coefficient (Wildman–Crippen LogP) is 3.90. The van der Waals surface area contributed by atoms with Crippen LogP contribution >= 0.6 is 0 Å². The first kappa shape index (κ1) is 22.8. The maximum atomic E-state index is 6.31. The van der Waals surface area contributed by atoms with E-state index in [0.29, 0.717) is 49.1 Å². The average Bonchev–Trinajstić information content (AvgIpc) is 2.82. The summed E-state index contributed by atoms with van der Waals surface area (Å²) in [5.41, 5.74) is 22.9. The van der Waals surface area contributed by atoms with Crippen LogP contribution in [0, 0.1) is 0 Å². The van der Waals surface area contributed by atoms with Crippen molar-refractivity contribution in [2.45, 2.75) is 19.8 Å². The van der Waals surface area contributed by atoms with Gasteiger partial charge in [0.25, 0.3) is 0 Å².